The molecule has 2 aromatic rings. The number of aryl methyl sites for hydroxylation is 2. The SMILES string of the molecule is COC(=O)C(c1ccc(F)cc1)C(C)(C)NC(=O)CNC(=O)OC(C)(C)C.Cc1cnn(C)c1. The van der Waals surface area contributed by atoms with Crippen LogP contribution in [0.3, 0.4) is 0 Å². The summed E-state index contributed by atoms with van der Waals surface area (Å²) in [6.07, 6.45) is 3.08. The topological polar surface area (TPSA) is 112 Å². The Bertz CT molecular complexity index is 948. The van der Waals surface area contributed by atoms with Gasteiger partial charge in [-0.25, -0.2) is 9.18 Å². The maximum atomic E-state index is 13.2. The van der Waals surface area contributed by atoms with E-state index in [1.807, 2.05) is 26.4 Å². The third kappa shape index (κ3) is 10.0. The van der Waals surface area contributed by atoms with Gasteiger partial charge in [0.1, 0.15) is 23.9 Å². The number of rotatable bonds is 6. The van der Waals surface area contributed by atoms with Gasteiger partial charge in [0, 0.05) is 13.2 Å². The molecule has 2 amide bonds. The molecule has 1 atom stereocenters. The number of esters is 1. The lowest BCUT2D eigenvalue weighted by Gasteiger charge is -2.33. The highest BCUT2D eigenvalue weighted by Crippen LogP contribution is 2.29. The Morgan fingerprint density at radius 1 is 1.12 bits per heavy atom. The Morgan fingerprint density at radius 2 is 1.71 bits per heavy atom. The molecule has 0 aliphatic carbocycles. The molecule has 1 aromatic heterocycles. The van der Waals surface area contributed by atoms with Gasteiger partial charge >= 0.3 is 12.1 Å². The lowest BCUT2D eigenvalue weighted by molar-refractivity contribution is -0.144. The van der Waals surface area contributed by atoms with Gasteiger partial charge < -0.3 is 20.1 Å². The Labute approximate surface area is 200 Å². The van der Waals surface area contributed by atoms with Crippen LogP contribution in [0, 0.1) is 12.7 Å². The van der Waals surface area contributed by atoms with Crippen LogP contribution in [0.4, 0.5) is 9.18 Å². The number of alkyl carbamates (subject to hydrolysis) is 1. The van der Waals surface area contributed by atoms with Crippen molar-refractivity contribution >= 4 is 18.0 Å². The zero-order valence-corrected chi connectivity index (χ0v) is 21.1. The van der Waals surface area contributed by atoms with E-state index in [0.29, 0.717) is 5.56 Å². The molecule has 34 heavy (non-hydrogen) atoms. The molecule has 2 rings (SSSR count). The standard InChI is InChI=1S/C19H27FN2O5.C5H8N2/c1-18(2,3)27-17(25)21-11-14(23)22-19(4,5)15(16(24)26-6)12-7-9-13(20)10-8-12;1-5-3-6-7(2)4-5/h7-10,15H,11H2,1-6H3,(H,21,25)(H,22,23);3-4H,1-2H3. The summed E-state index contributed by atoms with van der Waals surface area (Å²) in [7, 11) is 3.15. The van der Waals surface area contributed by atoms with Crippen molar-refractivity contribution < 1.29 is 28.2 Å². The first kappa shape index (κ1) is 28.6. The summed E-state index contributed by atoms with van der Waals surface area (Å²) in [4.78, 5) is 36.2. The van der Waals surface area contributed by atoms with Crippen molar-refractivity contribution in [3.63, 3.8) is 0 Å². The lowest BCUT2D eigenvalue weighted by atomic mass is 9.81. The van der Waals surface area contributed by atoms with Crippen LogP contribution in [0.1, 0.15) is 51.7 Å². The van der Waals surface area contributed by atoms with Crippen LogP contribution in [-0.2, 0) is 26.1 Å². The van der Waals surface area contributed by atoms with E-state index >= 15 is 0 Å². The minimum Gasteiger partial charge on any atom is -0.468 e. The van der Waals surface area contributed by atoms with E-state index in [4.69, 9.17) is 9.47 Å². The molecule has 0 spiro atoms. The summed E-state index contributed by atoms with van der Waals surface area (Å²) >= 11 is 0. The number of hydrogen-bond donors (Lipinski definition) is 2. The molecule has 0 radical (unpaired) electrons. The number of halogens is 1. The van der Waals surface area contributed by atoms with Gasteiger partial charge in [-0.2, -0.15) is 5.10 Å². The fourth-order valence-corrected chi connectivity index (χ4v) is 3.11. The van der Waals surface area contributed by atoms with Crippen LogP contribution in [0.25, 0.3) is 0 Å². The van der Waals surface area contributed by atoms with E-state index in [0.717, 1.165) is 0 Å². The van der Waals surface area contributed by atoms with Crippen molar-refractivity contribution in [1.29, 1.82) is 0 Å². The highest BCUT2D eigenvalue weighted by molar-refractivity contribution is 5.85. The number of ether oxygens (including phenoxy) is 2. The maximum Gasteiger partial charge on any atom is 0.408 e. The fraction of sp³-hybridized carbons (Fsp3) is 0.500. The van der Waals surface area contributed by atoms with E-state index < -0.39 is 40.8 Å². The van der Waals surface area contributed by atoms with Crippen molar-refractivity contribution in [1.82, 2.24) is 20.4 Å². The molecule has 0 aliphatic rings. The van der Waals surface area contributed by atoms with Crippen LogP contribution in [-0.4, -0.2) is 52.5 Å². The second kappa shape index (κ2) is 12.2. The molecule has 0 aliphatic heterocycles. The van der Waals surface area contributed by atoms with Gasteiger partial charge in [-0.3, -0.25) is 14.3 Å². The van der Waals surface area contributed by atoms with E-state index in [1.165, 1.54) is 36.9 Å². The molecular weight excluding hydrogens is 443 g/mol. The molecule has 1 heterocycles. The Kier molecular flexibility index (Phi) is 10.2. The monoisotopic (exact) mass is 478 g/mol. The quantitative estimate of drug-likeness (QED) is 0.617. The molecule has 0 saturated carbocycles. The summed E-state index contributed by atoms with van der Waals surface area (Å²) in [6.45, 7) is 10.1. The molecule has 10 heteroatoms. The predicted molar refractivity (Wildman–Crippen MR) is 126 cm³/mol. The number of methoxy groups -OCH3 is 1. The summed E-state index contributed by atoms with van der Waals surface area (Å²) in [6, 6.07) is 5.38. The van der Waals surface area contributed by atoms with Crippen LogP contribution in [0.15, 0.2) is 36.7 Å². The molecular formula is C24H35FN4O5. The molecule has 0 bridgehead atoms. The zero-order chi connectivity index (χ0) is 26.1. The average Bonchev–Trinajstić information content (AvgIpc) is 3.09. The third-order valence-corrected chi connectivity index (χ3v) is 4.45. The second-order valence-electron chi connectivity index (χ2n) is 9.32. The first-order valence-corrected chi connectivity index (χ1v) is 10.7. The fourth-order valence-electron chi connectivity index (χ4n) is 3.11. The van der Waals surface area contributed by atoms with E-state index in [1.54, 1.807) is 39.3 Å². The predicted octanol–water partition coefficient (Wildman–Crippen LogP) is 3.23. The average molecular weight is 479 g/mol. The van der Waals surface area contributed by atoms with Crippen molar-refractivity contribution in [2.24, 2.45) is 7.05 Å². The molecule has 2 N–H and O–H groups in total. The van der Waals surface area contributed by atoms with Gasteiger partial charge in [-0.05, 0) is 64.8 Å². The first-order chi connectivity index (χ1) is 15.6. The largest absolute Gasteiger partial charge is 0.468 e. The number of nitrogens with zero attached hydrogens (tertiary/aromatic N) is 2. The third-order valence-electron chi connectivity index (χ3n) is 4.45. The van der Waals surface area contributed by atoms with Crippen molar-refractivity contribution in [3.8, 4) is 0 Å². The molecule has 0 fully saturated rings. The van der Waals surface area contributed by atoms with Gasteiger partial charge in [-0.15, -0.1) is 0 Å². The zero-order valence-electron chi connectivity index (χ0n) is 21.1. The van der Waals surface area contributed by atoms with Crippen molar-refractivity contribution in [2.45, 2.75) is 58.6 Å². The minimum absolute atomic E-state index is 0.324. The van der Waals surface area contributed by atoms with Gasteiger partial charge in [-0.1, -0.05) is 12.1 Å². The molecule has 188 valence electrons. The summed E-state index contributed by atoms with van der Waals surface area (Å²) in [5.41, 5.74) is -0.0353. The van der Waals surface area contributed by atoms with Crippen LogP contribution in [0.2, 0.25) is 0 Å². The number of nitrogens with one attached hydrogen (secondary N) is 2. The molecule has 9 nitrogen and oxygen atoms in total. The van der Waals surface area contributed by atoms with Crippen LogP contribution < -0.4 is 10.6 Å². The van der Waals surface area contributed by atoms with Gasteiger partial charge in [0.2, 0.25) is 5.91 Å². The highest BCUT2D eigenvalue weighted by atomic mass is 19.1. The summed E-state index contributed by atoms with van der Waals surface area (Å²) in [5.74, 6) is -2.40. The Balaban J connectivity index is 0.000000700. The minimum atomic E-state index is -1.06. The Hall–Kier alpha value is -3.43. The number of carbonyl (C=O) groups excluding carboxylic acids is 3. The number of aromatic nitrogens is 2. The number of hydrogen-bond acceptors (Lipinski definition) is 6. The van der Waals surface area contributed by atoms with Gasteiger partial charge in [0.15, 0.2) is 0 Å². The number of amides is 2. The Morgan fingerprint density at radius 3 is 2.12 bits per heavy atom. The number of carbonyl (C=O) groups is 3. The summed E-state index contributed by atoms with van der Waals surface area (Å²) < 4.78 is 24.9. The van der Waals surface area contributed by atoms with E-state index in [-0.39, 0.29) is 6.54 Å². The van der Waals surface area contributed by atoms with Gasteiger partial charge in [0.25, 0.3) is 0 Å². The maximum absolute atomic E-state index is 13.2. The molecule has 1 unspecified atom stereocenters. The number of benzene rings is 1. The van der Waals surface area contributed by atoms with Gasteiger partial charge in [0.05, 0.1) is 18.8 Å². The molecule has 0 saturated heterocycles. The first-order valence-electron chi connectivity index (χ1n) is 10.7. The second-order valence-corrected chi connectivity index (χ2v) is 9.32. The lowest BCUT2D eigenvalue weighted by Crippen LogP contribution is -2.53. The molecule has 1 aromatic carbocycles. The van der Waals surface area contributed by atoms with E-state index in [2.05, 4.69) is 15.7 Å². The van der Waals surface area contributed by atoms with Crippen molar-refractivity contribution in [2.75, 3.05) is 13.7 Å². The van der Waals surface area contributed by atoms with Crippen LogP contribution in [0.5, 0.6) is 0 Å². The van der Waals surface area contributed by atoms with Crippen LogP contribution >= 0.6 is 0 Å². The van der Waals surface area contributed by atoms with Crippen molar-refractivity contribution in [3.05, 3.63) is 53.6 Å². The van der Waals surface area contributed by atoms with E-state index in [9.17, 15) is 18.8 Å². The normalized spacial score (nSPS) is 12.0. The summed E-state index contributed by atoms with van der Waals surface area (Å²) in [5, 5.41) is 8.98. The smallest absolute Gasteiger partial charge is 0.408 e. The highest BCUT2D eigenvalue weighted by Gasteiger charge is 2.38.